The fourth-order valence-corrected chi connectivity index (χ4v) is 4.61. The molecule has 6 nitrogen and oxygen atoms in total. The number of hydrogen-bond acceptors (Lipinski definition) is 5. The van der Waals surface area contributed by atoms with Gasteiger partial charge in [-0.05, 0) is 12.1 Å². The van der Waals surface area contributed by atoms with Crippen LogP contribution in [0.5, 0.6) is 0 Å². The second-order valence-electron chi connectivity index (χ2n) is 6.04. The number of aliphatic carboxylic acids is 1. The standard InChI is InChI=1S/C15H19NO5S/c17-14(18)15-10-16(8-12(15)9-21-11-15)6-7-22(19,20)13-4-2-1-3-5-13/h1-5,12H,6-11H2,(H,17,18)/t12-,15-/m1/s1. The first-order chi connectivity index (χ1) is 10.4. The molecule has 0 unspecified atom stereocenters. The van der Waals surface area contributed by atoms with Crippen LogP contribution in [0.2, 0.25) is 0 Å². The molecule has 2 saturated heterocycles. The van der Waals surface area contributed by atoms with Crippen LogP contribution in [0.4, 0.5) is 0 Å². The molecular formula is C15H19NO5S. The van der Waals surface area contributed by atoms with Gasteiger partial charge in [0, 0.05) is 25.6 Å². The van der Waals surface area contributed by atoms with E-state index < -0.39 is 21.2 Å². The van der Waals surface area contributed by atoms with Crippen LogP contribution in [-0.4, -0.2) is 63.0 Å². The average molecular weight is 325 g/mol. The third kappa shape index (κ3) is 2.64. The number of ether oxygens (including phenoxy) is 1. The summed E-state index contributed by atoms with van der Waals surface area (Å²) in [7, 11) is -3.33. The van der Waals surface area contributed by atoms with Gasteiger partial charge in [-0.25, -0.2) is 8.42 Å². The van der Waals surface area contributed by atoms with Gasteiger partial charge in [-0.15, -0.1) is 0 Å². The highest BCUT2D eigenvalue weighted by molar-refractivity contribution is 7.91. The number of carboxylic acid groups (broad SMARTS) is 1. The van der Waals surface area contributed by atoms with Gasteiger partial charge in [-0.1, -0.05) is 18.2 Å². The summed E-state index contributed by atoms with van der Waals surface area (Å²) in [6, 6.07) is 8.34. The third-order valence-corrected chi connectivity index (χ3v) is 6.36. The lowest BCUT2D eigenvalue weighted by Gasteiger charge is -2.21. The van der Waals surface area contributed by atoms with Crippen molar-refractivity contribution in [2.24, 2.45) is 11.3 Å². The van der Waals surface area contributed by atoms with Crippen LogP contribution in [0.15, 0.2) is 35.2 Å². The average Bonchev–Trinajstić information content (AvgIpc) is 3.04. The van der Waals surface area contributed by atoms with Gasteiger partial charge in [0.2, 0.25) is 0 Å². The number of rotatable bonds is 5. The topological polar surface area (TPSA) is 83.9 Å². The van der Waals surface area contributed by atoms with E-state index in [2.05, 4.69) is 0 Å². The summed E-state index contributed by atoms with van der Waals surface area (Å²) in [6.45, 7) is 1.94. The van der Waals surface area contributed by atoms with E-state index in [0.717, 1.165) is 0 Å². The van der Waals surface area contributed by atoms with Gasteiger partial charge in [-0.2, -0.15) is 0 Å². The van der Waals surface area contributed by atoms with Crippen molar-refractivity contribution in [2.75, 3.05) is 38.6 Å². The van der Waals surface area contributed by atoms with Crippen LogP contribution in [0.25, 0.3) is 0 Å². The lowest BCUT2D eigenvalue weighted by Crippen LogP contribution is -2.39. The van der Waals surface area contributed by atoms with E-state index in [1.807, 2.05) is 4.90 Å². The van der Waals surface area contributed by atoms with Crippen LogP contribution >= 0.6 is 0 Å². The number of hydrogen-bond donors (Lipinski definition) is 1. The summed E-state index contributed by atoms with van der Waals surface area (Å²) in [5.74, 6) is -0.895. The molecule has 2 heterocycles. The molecule has 1 N–H and O–H groups in total. The summed E-state index contributed by atoms with van der Waals surface area (Å²) < 4.78 is 29.9. The smallest absolute Gasteiger partial charge is 0.313 e. The van der Waals surface area contributed by atoms with Crippen molar-refractivity contribution in [3.63, 3.8) is 0 Å². The Labute approximate surface area is 129 Å². The van der Waals surface area contributed by atoms with E-state index in [-0.39, 0.29) is 18.3 Å². The molecule has 3 rings (SSSR count). The van der Waals surface area contributed by atoms with Crippen LogP contribution < -0.4 is 0 Å². The van der Waals surface area contributed by atoms with Crippen molar-refractivity contribution in [2.45, 2.75) is 4.90 Å². The van der Waals surface area contributed by atoms with Crippen molar-refractivity contribution in [3.8, 4) is 0 Å². The molecule has 2 aliphatic rings. The first-order valence-electron chi connectivity index (χ1n) is 7.25. The number of benzene rings is 1. The monoisotopic (exact) mass is 325 g/mol. The first-order valence-corrected chi connectivity index (χ1v) is 8.91. The highest BCUT2D eigenvalue weighted by Crippen LogP contribution is 2.41. The van der Waals surface area contributed by atoms with Gasteiger partial charge in [0.25, 0.3) is 0 Å². The summed E-state index contributed by atoms with van der Waals surface area (Å²) in [5.41, 5.74) is -0.865. The Morgan fingerprint density at radius 1 is 1.36 bits per heavy atom. The number of sulfone groups is 1. The Morgan fingerprint density at radius 2 is 2.09 bits per heavy atom. The van der Waals surface area contributed by atoms with E-state index in [1.54, 1.807) is 30.3 Å². The van der Waals surface area contributed by atoms with E-state index in [9.17, 15) is 18.3 Å². The molecule has 2 fully saturated rings. The fraction of sp³-hybridized carbons (Fsp3) is 0.533. The molecule has 120 valence electrons. The molecule has 0 saturated carbocycles. The normalized spacial score (nSPS) is 28.6. The predicted octanol–water partition coefficient (Wildman–Crippen LogP) is 0.493. The Balaban J connectivity index is 1.65. The van der Waals surface area contributed by atoms with Crippen LogP contribution in [0, 0.1) is 11.3 Å². The van der Waals surface area contributed by atoms with Gasteiger partial charge >= 0.3 is 5.97 Å². The number of carboxylic acids is 1. The van der Waals surface area contributed by atoms with Crippen LogP contribution in [0.1, 0.15) is 0 Å². The minimum atomic E-state index is -3.33. The molecule has 2 atom stereocenters. The van der Waals surface area contributed by atoms with Crippen molar-refractivity contribution < 1.29 is 23.1 Å². The SMILES string of the molecule is O=C(O)[C@]12COC[C@H]1CN(CCS(=O)(=O)c1ccccc1)C2. The molecule has 2 aliphatic heterocycles. The number of fused-ring (bicyclic) bond motifs is 1. The lowest BCUT2D eigenvalue weighted by molar-refractivity contribution is -0.149. The Morgan fingerprint density at radius 3 is 2.73 bits per heavy atom. The summed E-state index contributed by atoms with van der Waals surface area (Å²) in [4.78, 5) is 13.8. The van der Waals surface area contributed by atoms with Gasteiger partial charge in [0.05, 0.1) is 23.9 Å². The number of likely N-dealkylation sites (tertiary alicyclic amines) is 1. The zero-order chi connectivity index (χ0) is 15.8. The van der Waals surface area contributed by atoms with E-state index >= 15 is 0 Å². The molecule has 0 amide bonds. The molecule has 0 aliphatic carbocycles. The molecule has 22 heavy (non-hydrogen) atoms. The van der Waals surface area contributed by atoms with Crippen molar-refractivity contribution in [1.82, 2.24) is 4.90 Å². The van der Waals surface area contributed by atoms with Gasteiger partial charge in [0.1, 0.15) is 5.41 Å². The highest BCUT2D eigenvalue weighted by atomic mass is 32.2. The third-order valence-electron chi connectivity index (χ3n) is 4.65. The second-order valence-corrected chi connectivity index (χ2v) is 8.15. The first kappa shape index (κ1) is 15.5. The summed E-state index contributed by atoms with van der Waals surface area (Å²) in [5, 5.41) is 9.47. The molecule has 7 heteroatoms. The molecule has 0 bridgehead atoms. The van der Waals surface area contributed by atoms with E-state index in [1.165, 1.54) is 0 Å². The summed E-state index contributed by atoms with van der Waals surface area (Å²) in [6.07, 6.45) is 0. The second kappa shape index (κ2) is 5.64. The zero-order valence-corrected chi connectivity index (χ0v) is 13.0. The molecule has 0 radical (unpaired) electrons. The van der Waals surface area contributed by atoms with Crippen molar-refractivity contribution in [1.29, 1.82) is 0 Å². The predicted molar refractivity (Wildman–Crippen MR) is 79.3 cm³/mol. The minimum Gasteiger partial charge on any atom is -0.481 e. The maximum absolute atomic E-state index is 12.3. The van der Waals surface area contributed by atoms with E-state index in [4.69, 9.17) is 4.74 Å². The quantitative estimate of drug-likeness (QED) is 0.848. The van der Waals surface area contributed by atoms with Crippen molar-refractivity contribution in [3.05, 3.63) is 30.3 Å². The van der Waals surface area contributed by atoms with Crippen LogP contribution in [-0.2, 0) is 19.4 Å². The lowest BCUT2D eigenvalue weighted by atomic mass is 9.81. The Kier molecular flexibility index (Phi) is 3.96. The van der Waals surface area contributed by atoms with Gasteiger partial charge < -0.3 is 14.7 Å². The largest absolute Gasteiger partial charge is 0.481 e. The zero-order valence-electron chi connectivity index (χ0n) is 12.1. The van der Waals surface area contributed by atoms with Gasteiger partial charge in [0.15, 0.2) is 9.84 Å². The maximum atomic E-state index is 12.3. The van der Waals surface area contributed by atoms with E-state index in [0.29, 0.717) is 31.1 Å². The van der Waals surface area contributed by atoms with Crippen LogP contribution in [0.3, 0.4) is 0 Å². The van der Waals surface area contributed by atoms with Crippen molar-refractivity contribution >= 4 is 15.8 Å². The molecule has 0 spiro atoms. The molecule has 1 aromatic rings. The Bertz CT molecular complexity index is 660. The number of nitrogens with zero attached hydrogens (tertiary/aromatic N) is 1. The highest BCUT2D eigenvalue weighted by Gasteiger charge is 2.56. The number of carbonyl (C=O) groups is 1. The molecular weight excluding hydrogens is 306 g/mol. The Hall–Kier alpha value is -1.44. The fourth-order valence-electron chi connectivity index (χ4n) is 3.31. The van der Waals surface area contributed by atoms with Gasteiger partial charge in [-0.3, -0.25) is 4.79 Å². The molecule has 0 aromatic heterocycles. The minimum absolute atomic E-state index is 0.000287. The summed E-state index contributed by atoms with van der Waals surface area (Å²) >= 11 is 0. The molecule has 1 aromatic carbocycles. The maximum Gasteiger partial charge on any atom is 0.313 e.